The monoisotopic (exact) mass is 324 g/mol. The number of carbonyl (C=O) groups excluding carboxylic acids is 1. The quantitative estimate of drug-likeness (QED) is 0.623. The van der Waals surface area contributed by atoms with Crippen molar-refractivity contribution in [1.29, 1.82) is 0 Å². The van der Waals surface area contributed by atoms with Crippen molar-refractivity contribution in [3.8, 4) is 0 Å². The van der Waals surface area contributed by atoms with Crippen LogP contribution in [0.4, 0.5) is 16.2 Å². The van der Waals surface area contributed by atoms with Crippen molar-refractivity contribution in [3.63, 3.8) is 0 Å². The van der Waals surface area contributed by atoms with E-state index in [1.54, 1.807) is 6.21 Å². The number of urea groups is 1. The Hall–Kier alpha value is -2.82. The maximum atomic E-state index is 11.8. The highest BCUT2D eigenvalue weighted by molar-refractivity contribution is 5.91. The van der Waals surface area contributed by atoms with E-state index in [1.165, 1.54) is 5.69 Å². The van der Waals surface area contributed by atoms with Crippen LogP contribution in [0.2, 0.25) is 0 Å². The molecule has 2 aromatic rings. The summed E-state index contributed by atoms with van der Waals surface area (Å²) < 4.78 is 0. The maximum Gasteiger partial charge on any atom is 0.339 e. The van der Waals surface area contributed by atoms with Gasteiger partial charge in [0.1, 0.15) is 0 Å². The Balaban J connectivity index is 1.89. The molecule has 0 unspecified atom stereocenters. The standard InChI is InChI=1S/C19H24N4O/c1-4-23(5-2)17-12-10-16(11-13-17)14-20-22-19(24)21-18-9-7-6-8-15(18)3/h6-14H,4-5H2,1-3H3,(H2,21,22,24). The number of hydrogen-bond donors (Lipinski definition) is 2. The van der Waals surface area contributed by atoms with Gasteiger partial charge in [0, 0.05) is 24.5 Å². The minimum Gasteiger partial charge on any atom is -0.372 e. The first-order chi connectivity index (χ1) is 11.6. The Morgan fingerprint density at radius 3 is 2.38 bits per heavy atom. The first-order valence-electron chi connectivity index (χ1n) is 8.14. The van der Waals surface area contributed by atoms with Gasteiger partial charge in [-0.3, -0.25) is 0 Å². The average molecular weight is 324 g/mol. The van der Waals surface area contributed by atoms with Gasteiger partial charge in [0.25, 0.3) is 0 Å². The normalized spacial score (nSPS) is 10.6. The number of benzene rings is 2. The second-order valence-corrected chi connectivity index (χ2v) is 5.40. The van der Waals surface area contributed by atoms with Gasteiger partial charge in [-0.1, -0.05) is 30.3 Å². The molecule has 24 heavy (non-hydrogen) atoms. The number of rotatable bonds is 6. The zero-order chi connectivity index (χ0) is 17.4. The smallest absolute Gasteiger partial charge is 0.339 e. The van der Waals surface area contributed by atoms with E-state index in [0.717, 1.165) is 29.9 Å². The van der Waals surface area contributed by atoms with Crippen LogP contribution in [0, 0.1) is 6.92 Å². The largest absolute Gasteiger partial charge is 0.372 e. The predicted octanol–water partition coefficient (Wildman–Crippen LogP) is 4.00. The fourth-order valence-corrected chi connectivity index (χ4v) is 2.39. The van der Waals surface area contributed by atoms with Crippen molar-refractivity contribution in [2.24, 2.45) is 5.10 Å². The number of para-hydroxylation sites is 1. The van der Waals surface area contributed by atoms with Crippen LogP contribution in [0.1, 0.15) is 25.0 Å². The molecule has 0 heterocycles. The third kappa shape index (κ3) is 4.84. The Bertz CT molecular complexity index is 691. The summed E-state index contributed by atoms with van der Waals surface area (Å²) in [6.07, 6.45) is 1.63. The number of hydrogen-bond acceptors (Lipinski definition) is 3. The molecule has 0 bridgehead atoms. The van der Waals surface area contributed by atoms with Crippen LogP contribution >= 0.6 is 0 Å². The van der Waals surface area contributed by atoms with Gasteiger partial charge in [0.2, 0.25) is 0 Å². The Kier molecular flexibility index (Phi) is 6.37. The molecule has 0 radical (unpaired) electrons. The third-order valence-corrected chi connectivity index (χ3v) is 3.79. The summed E-state index contributed by atoms with van der Waals surface area (Å²) in [6.45, 7) is 8.16. The van der Waals surface area contributed by atoms with E-state index in [-0.39, 0.29) is 6.03 Å². The minimum atomic E-state index is -0.361. The van der Waals surface area contributed by atoms with Gasteiger partial charge in [-0.05, 0) is 50.1 Å². The van der Waals surface area contributed by atoms with Gasteiger partial charge < -0.3 is 10.2 Å². The second-order valence-electron chi connectivity index (χ2n) is 5.40. The fraction of sp³-hybridized carbons (Fsp3) is 0.263. The summed E-state index contributed by atoms with van der Waals surface area (Å²) in [5.41, 5.74) is 6.37. The number of carbonyl (C=O) groups is 1. The molecule has 126 valence electrons. The van der Waals surface area contributed by atoms with E-state index in [4.69, 9.17) is 0 Å². The van der Waals surface area contributed by atoms with Crippen molar-refractivity contribution in [2.75, 3.05) is 23.3 Å². The molecule has 0 aliphatic carbocycles. The molecule has 0 saturated carbocycles. The number of amides is 2. The average Bonchev–Trinajstić information content (AvgIpc) is 2.59. The molecule has 0 aromatic heterocycles. The molecule has 5 nitrogen and oxygen atoms in total. The number of nitrogens with zero attached hydrogens (tertiary/aromatic N) is 2. The van der Waals surface area contributed by atoms with E-state index >= 15 is 0 Å². The second kappa shape index (κ2) is 8.72. The molecule has 2 amide bonds. The fourth-order valence-electron chi connectivity index (χ4n) is 2.39. The predicted molar refractivity (Wildman–Crippen MR) is 101 cm³/mol. The summed E-state index contributed by atoms with van der Waals surface area (Å²) in [5, 5.41) is 6.75. The third-order valence-electron chi connectivity index (χ3n) is 3.79. The Morgan fingerprint density at radius 1 is 1.08 bits per heavy atom. The van der Waals surface area contributed by atoms with E-state index in [0.29, 0.717) is 0 Å². The molecule has 0 atom stereocenters. The molecule has 0 aliphatic rings. The van der Waals surface area contributed by atoms with E-state index < -0.39 is 0 Å². The van der Waals surface area contributed by atoms with Crippen molar-refractivity contribution in [3.05, 3.63) is 59.7 Å². The highest BCUT2D eigenvalue weighted by Gasteiger charge is 2.02. The molecular formula is C19H24N4O. The van der Waals surface area contributed by atoms with Gasteiger partial charge in [-0.2, -0.15) is 5.10 Å². The molecule has 2 aromatic carbocycles. The van der Waals surface area contributed by atoms with Crippen molar-refractivity contribution in [2.45, 2.75) is 20.8 Å². The van der Waals surface area contributed by atoms with Crippen molar-refractivity contribution < 1.29 is 4.79 Å². The first-order valence-corrected chi connectivity index (χ1v) is 8.14. The maximum absolute atomic E-state index is 11.8. The molecular weight excluding hydrogens is 300 g/mol. The number of nitrogens with one attached hydrogen (secondary N) is 2. The number of anilines is 2. The summed E-state index contributed by atoms with van der Waals surface area (Å²) in [4.78, 5) is 14.1. The van der Waals surface area contributed by atoms with Crippen LogP contribution in [-0.2, 0) is 0 Å². The highest BCUT2D eigenvalue weighted by Crippen LogP contribution is 2.14. The lowest BCUT2D eigenvalue weighted by atomic mass is 10.2. The summed E-state index contributed by atoms with van der Waals surface area (Å²) in [5.74, 6) is 0. The lowest BCUT2D eigenvalue weighted by Crippen LogP contribution is -2.24. The van der Waals surface area contributed by atoms with Crippen LogP contribution in [0.15, 0.2) is 53.6 Å². The SMILES string of the molecule is CCN(CC)c1ccc(C=NNC(=O)Nc2ccccc2C)cc1. The van der Waals surface area contributed by atoms with Crippen LogP contribution in [0.25, 0.3) is 0 Å². The molecule has 0 aliphatic heterocycles. The molecule has 2 rings (SSSR count). The first kappa shape index (κ1) is 17.5. The summed E-state index contributed by atoms with van der Waals surface area (Å²) in [7, 11) is 0. The Labute approximate surface area is 143 Å². The van der Waals surface area contributed by atoms with Crippen molar-refractivity contribution >= 4 is 23.6 Å². The zero-order valence-electron chi connectivity index (χ0n) is 14.4. The van der Waals surface area contributed by atoms with Gasteiger partial charge >= 0.3 is 6.03 Å². The zero-order valence-corrected chi connectivity index (χ0v) is 14.4. The lowest BCUT2D eigenvalue weighted by molar-refractivity contribution is 0.252. The van der Waals surface area contributed by atoms with Crippen LogP contribution in [0.3, 0.4) is 0 Å². The van der Waals surface area contributed by atoms with E-state index in [2.05, 4.69) is 46.7 Å². The van der Waals surface area contributed by atoms with Gasteiger partial charge in [0.05, 0.1) is 6.21 Å². The molecule has 0 spiro atoms. The van der Waals surface area contributed by atoms with Gasteiger partial charge in [-0.25, -0.2) is 10.2 Å². The topological polar surface area (TPSA) is 56.7 Å². The van der Waals surface area contributed by atoms with E-state index in [1.807, 2.05) is 43.3 Å². The summed E-state index contributed by atoms with van der Waals surface area (Å²) in [6, 6.07) is 15.3. The highest BCUT2D eigenvalue weighted by atomic mass is 16.2. The van der Waals surface area contributed by atoms with Crippen LogP contribution < -0.4 is 15.6 Å². The minimum absolute atomic E-state index is 0.361. The summed E-state index contributed by atoms with van der Waals surface area (Å²) >= 11 is 0. The molecule has 2 N–H and O–H groups in total. The van der Waals surface area contributed by atoms with Crippen LogP contribution in [0.5, 0.6) is 0 Å². The van der Waals surface area contributed by atoms with E-state index in [9.17, 15) is 4.79 Å². The van der Waals surface area contributed by atoms with Gasteiger partial charge in [0.15, 0.2) is 0 Å². The van der Waals surface area contributed by atoms with Crippen LogP contribution in [-0.4, -0.2) is 25.3 Å². The number of aryl methyl sites for hydroxylation is 1. The lowest BCUT2D eigenvalue weighted by Gasteiger charge is -2.20. The van der Waals surface area contributed by atoms with Crippen molar-refractivity contribution in [1.82, 2.24) is 5.43 Å². The molecule has 0 fully saturated rings. The Morgan fingerprint density at radius 2 is 1.75 bits per heavy atom. The van der Waals surface area contributed by atoms with Gasteiger partial charge in [-0.15, -0.1) is 0 Å². The molecule has 0 saturated heterocycles. The number of hydrazone groups is 1. The molecule has 5 heteroatoms.